The lowest BCUT2D eigenvalue weighted by Crippen LogP contribution is -2.54. The van der Waals surface area contributed by atoms with Gasteiger partial charge in [0.15, 0.2) is 0 Å². The molecule has 0 spiro atoms. The van der Waals surface area contributed by atoms with E-state index in [4.69, 9.17) is 5.73 Å². The van der Waals surface area contributed by atoms with Crippen LogP contribution in [0, 0.1) is 0 Å². The molecule has 3 N–H and O–H groups in total. The second-order valence-corrected chi connectivity index (χ2v) is 3.49. The maximum atomic E-state index is 11.5. The van der Waals surface area contributed by atoms with E-state index in [9.17, 15) is 9.59 Å². The van der Waals surface area contributed by atoms with Gasteiger partial charge in [0.05, 0.1) is 12.6 Å². The lowest BCUT2D eigenvalue weighted by atomic mass is 9.99. The summed E-state index contributed by atoms with van der Waals surface area (Å²) < 4.78 is 4.46. The largest absolute Gasteiger partial charge is 0.467 e. The van der Waals surface area contributed by atoms with Crippen molar-refractivity contribution in [1.29, 1.82) is 0 Å². The van der Waals surface area contributed by atoms with Crippen molar-refractivity contribution in [3.05, 3.63) is 0 Å². The number of methoxy groups -OCH3 is 1. The number of ether oxygens (including phenoxy) is 1. The highest BCUT2D eigenvalue weighted by molar-refractivity contribution is 5.89. The van der Waals surface area contributed by atoms with Gasteiger partial charge in [-0.3, -0.25) is 4.79 Å². The summed E-state index contributed by atoms with van der Waals surface area (Å²) in [6, 6.07) is -0.665. The highest BCUT2D eigenvalue weighted by Gasteiger charge is 2.28. The van der Waals surface area contributed by atoms with Gasteiger partial charge in [-0.05, 0) is 20.3 Å². The highest BCUT2D eigenvalue weighted by atomic mass is 16.5. The molecule has 0 saturated carbocycles. The van der Waals surface area contributed by atoms with Crippen LogP contribution in [0.3, 0.4) is 0 Å². The van der Waals surface area contributed by atoms with Crippen LogP contribution in [0.2, 0.25) is 0 Å². The molecule has 0 aliphatic rings. The van der Waals surface area contributed by atoms with Crippen LogP contribution >= 0.6 is 0 Å². The van der Waals surface area contributed by atoms with Crippen LogP contribution in [0.1, 0.15) is 27.2 Å². The molecule has 82 valence electrons. The van der Waals surface area contributed by atoms with Gasteiger partial charge in [0.25, 0.3) is 0 Å². The van der Waals surface area contributed by atoms with Gasteiger partial charge in [-0.15, -0.1) is 0 Å². The summed E-state index contributed by atoms with van der Waals surface area (Å²) in [5.41, 5.74) is 4.74. The van der Waals surface area contributed by atoms with E-state index >= 15 is 0 Å². The first-order valence-corrected chi connectivity index (χ1v) is 4.52. The monoisotopic (exact) mass is 202 g/mol. The molecule has 0 aromatic carbocycles. The van der Waals surface area contributed by atoms with Crippen molar-refractivity contribution in [2.24, 2.45) is 5.73 Å². The summed E-state index contributed by atoms with van der Waals surface area (Å²) >= 11 is 0. The quantitative estimate of drug-likeness (QED) is 0.618. The molecule has 0 aromatic heterocycles. The van der Waals surface area contributed by atoms with E-state index < -0.39 is 17.6 Å². The fourth-order valence-electron chi connectivity index (χ4n) is 0.758. The number of hydrogen-bond acceptors (Lipinski definition) is 4. The Labute approximate surface area is 84.0 Å². The first kappa shape index (κ1) is 12.9. The molecule has 0 fully saturated rings. The van der Waals surface area contributed by atoms with Crippen molar-refractivity contribution in [1.82, 2.24) is 5.32 Å². The van der Waals surface area contributed by atoms with Gasteiger partial charge in [0.1, 0.15) is 6.04 Å². The van der Waals surface area contributed by atoms with Crippen LogP contribution in [-0.2, 0) is 14.3 Å². The average Bonchev–Trinajstić information content (AvgIpc) is 2.16. The van der Waals surface area contributed by atoms with Gasteiger partial charge in [0, 0.05) is 0 Å². The van der Waals surface area contributed by atoms with Crippen molar-refractivity contribution < 1.29 is 14.3 Å². The molecule has 0 radical (unpaired) electrons. The summed E-state index contributed by atoms with van der Waals surface area (Å²) in [5, 5.41) is 2.48. The zero-order valence-corrected chi connectivity index (χ0v) is 9.09. The van der Waals surface area contributed by atoms with E-state index in [-0.39, 0.29) is 5.91 Å². The Morgan fingerprint density at radius 2 is 2.07 bits per heavy atom. The van der Waals surface area contributed by atoms with Gasteiger partial charge in [-0.2, -0.15) is 0 Å². The van der Waals surface area contributed by atoms with Crippen LogP contribution in [-0.4, -0.2) is 30.6 Å². The van der Waals surface area contributed by atoms with Crippen molar-refractivity contribution >= 4 is 11.9 Å². The molecule has 0 aromatic rings. The molecule has 14 heavy (non-hydrogen) atoms. The molecule has 0 aliphatic heterocycles. The second kappa shape index (κ2) is 4.95. The molecule has 0 saturated heterocycles. The summed E-state index contributed by atoms with van der Waals surface area (Å²) in [6.07, 6.45) is 0.507. The number of hydrogen-bond donors (Lipinski definition) is 2. The van der Waals surface area contributed by atoms with E-state index in [1.54, 1.807) is 13.8 Å². The van der Waals surface area contributed by atoms with Crippen LogP contribution in [0.5, 0.6) is 0 Å². The zero-order valence-electron chi connectivity index (χ0n) is 9.09. The normalized spacial score (nSPS) is 16.6. The fourth-order valence-corrected chi connectivity index (χ4v) is 0.758. The van der Waals surface area contributed by atoms with Crippen molar-refractivity contribution in [3.63, 3.8) is 0 Å². The molecule has 0 aliphatic carbocycles. The topological polar surface area (TPSA) is 81.4 Å². The molecule has 1 unspecified atom stereocenters. The molecule has 0 rings (SSSR count). The lowest BCUT2D eigenvalue weighted by Gasteiger charge is -2.23. The standard InChI is InChI=1S/C9H18N2O3/c1-5-9(3,10)8(13)11-6(2)7(12)14-4/h6H,5,10H2,1-4H3,(H,11,13)/t6-,9?/m0/s1. The number of amides is 1. The fraction of sp³-hybridized carbons (Fsp3) is 0.778. The Balaban J connectivity index is 4.26. The first-order chi connectivity index (χ1) is 6.35. The number of nitrogens with two attached hydrogens (primary N) is 1. The number of rotatable bonds is 4. The molecule has 2 atom stereocenters. The van der Waals surface area contributed by atoms with Crippen molar-refractivity contribution in [2.45, 2.75) is 38.8 Å². The van der Waals surface area contributed by atoms with Crippen molar-refractivity contribution in [3.8, 4) is 0 Å². The molecule has 5 heteroatoms. The first-order valence-electron chi connectivity index (χ1n) is 4.52. The van der Waals surface area contributed by atoms with Gasteiger partial charge in [0.2, 0.25) is 5.91 Å². The Morgan fingerprint density at radius 3 is 2.43 bits per heavy atom. The van der Waals surface area contributed by atoms with Gasteiger partial charge >= 0.3 is 5.97 Å². The third-order valence-corrected chi connectivity index (χ3v) is 2.16. The highest BCUT2D eigenvalue weighted by Crippen LogP contribution is 2.04. The summed E-state index contributed by atoms with van der Waals surface area (Å²) in [7, 11) is 1.27. The van der Waals surface area contributed by atoms with Crippen LogP contribution < -0.4 is 11.1 Å². The minimum Gasteiger partial charge on any atom is -0.467 e. The van der Waals surface area contributed by atoms with E-state index in [1.807, 2.05) is 6.92 Å². The number of nitrogens with one attached hydrogen (secondary N) is 1. The van der Waals surface area contributed by atoms with E-state index in [1.165, 1.54) is 7.11 Å². The maximum Gasteiger partial charge on any atom is 0.328 e. The van der Waals surface area contributed by atoms with Crippen molar-refractivity contribution in [2.75, 3.05) is 7.11 Å². The number of carbonyl (C=O) groups excluding carboxylic acids is 2. The molecular formula is C9H18N2O3. The molecule has 0 heterocycles. The Morgan fingerprint density at radius 1 is 1.57 bits per heavy atom. The Hall–Kier alpha value is -1.10. The smallest absolute Gasteiger partial charge is 0.328 e. The Bertz CT molecular complexity index is 226. The SMILES string of the molecule is CCC(C)(N)C(=O)N[C@@H](C)C(=O)OC. The predicted octanol–water partition coefficient (Wildman–Crippen LogP) is -0.208. The summed E-state index contributed by atoms with van der Waals surface area (Å²) in [5.74, 6) is -0.830. The van der Waals surface area contributed by atoms with Crippen LogP contribution in [0.15, 0.2) is 0 Å². The van der Waals surface area contributed by atoms with E-state index in [0.29, 0.717) is 6.42 Å². The van der Waals surface area contributed by atoms with Gasteiger partial charge in [-0.25, -0.2) is 4.79 Å². The second-order valence-electron chi connectivity index (χ2n) is 3.49. The van der Waals surface area contributed by atoms with Crippen LogP contribution in [0.4, 0.5) is 0 Å². The third-order valence-electron chi connectivity index (χ3n) is 2.16. The maximum absolute atomic E-state index is 11.5. The summed E-state index contributed by atoms with van der Waals surface area (Å²) in [4.78, 5) is 22.5. The summed E-state index contributed by atoms with van der Waals surface area (Å²) in [6.45, 7) is 4.98. The molecule has 0 bridgehead atoms. The number of esters is 1. The van der Waals surface area contributed by atoms with Gasteiger partial charge in [-0.1, -0.05) is 6.92 Å². The minimum absolute atomic E-state index is 0.349. The third kappa shape index (κ3) is 3.33. The zero-order chi connectivity index (χ0) is 11.4. The predicted molar refractivity (Wildman–Crippen MR) is 52.5 cm³/mol. The van der Waals surface area contributed by atoms with E-state index in [2.05, 4.69) is 10.1 Å². The molecule has 1 amide bonds. The number of carbonyl (C=O) groups is 2. The van der Waals surface area contributed by atoms with Gasteiger partial charge < -0.3 is 15.8 Å². The lowest BCUT2D eigenvalue weighted by molar-refractivity contribution is -0.145. The molecule has 5 nitrogen and oxygen atoms in total. The van der Waals surface area contributed by atoms with E-state index in [0.717, 1.165) is 0 Å². The minimum atomic E-state index is -0.942. The Kier molecular flexibility index (Phi) is 4.56. The van der Waals surface area contributed by atoms with Crippen LogP contribution in [0.25, 0.3) is 0 Å². The average molecular weight is 202 g/mol. The molecular weight excluding hydrogens is 184 g/mol.